The van der Waals surface area contributed by atoms with Crippen LogP contribution >= 0.6 is 34.8 Å². The van der Waals surface area contributed by atoms with Crippen molar-refractivity contribution < 1.29 is 14.3 Å². The predicted octanol–water partition coefficient (Wildman–Crippen LogP) is 5.05. The summed E-state index contributed by atoms with van der Waals surface area (Å²) in [6.45, 7) is 0.108. The van der Waals surface area contributed by atoms with Gasteiger partial charge < -0.3 is 9.47 Å². The molecular weight excluding hydrogens is 335 g/mol. The van der Waals surface area contributed by atoms with Crippen LogP contribution in [0.2, 0.25) is 15.1 Å². The van der Waals surface area contributed by atoms with Crippen molar-refractivity contribution >= 4 is 41.1 Å². The van der Waals surface area contributed by atoms with Crippen LogP contribution in [0.3, 0.4) is 0 Å². The average molecular weight is 346 g/mol. The van der Waals surface area contributed by atoms with E-state index in [1.165, 1.54) is 7.11 Å². The van der Waals surface area contributed by atoms with Crippen LogP contribution in [0.4, 0.5) is 0 Å². The predicted molar refractivity (Wildman–Crippen MR) is 84.2 cm³/mol. The molecule has 0 amide bonds. The molecule has 0 spiro atoms. The van der Waals surface area contributed by atoms with E-state index in [0.29, 0.717) is 37.7 Å². The van der Waals surface area contributed by atoms with Gasteiger partial charge in [-0.1, -0.05) is 34.8 Å². The summed E-state index contributed by atoms with van der Waals surface area (Å²) in [6, 6.07) is 8.13. The van der Waals surface area contributed by atoms with Gasteiger partial charge in [-0.2, -0.15) is 0 Å². The summed E-state index contributed by atoms with van der Waals surface area (Å²) in [5.41, 5.74) is 1.05. The molecule has 0 N–H and O–H groups in total. The SMILES string of the molecule is COc1ccc(C=O)cc1OCc1c(Cl)ccc(Cl)c1Cl. The fourth-order valence-electron chi connectivity index (χ4n) is 1.73. The smallest absolute Gasteiger partial charge is 0.162 e. The summed E-state index contributed by atoms with van der Waals surface area (Å²) in [6.07, 6.45) is 0.728. The van der Waals surface area contributed by atoms with E-state index in [0.717, 1.165) is 6.29 Å². The minimum atomic E-state index is 0.108. The van der Waals surface area contributed by atoms with Crippen molar-refractivity contribution in [1.82, 2.24) is 0 Å². The molecule has 0 saturated heterocycles. The summed E-state index contributed by atoms with van der Waals surface area (Å²) in [4.78, 5) is 10.8. The van der Waals surface area contributed by atoms with Gasteiger partial charge in [0.25, 0.3) is 0 Å². The zero-order valence-corrected chi connectivity index (χ0v) is 13.3. The van der Waals surface area contributed by atoms with Crippen LogP contribution in [-0.2, 0) is 6.61 Å². The van der Waals surface area contributed by atoms with Crippen LogP contribution in [0.25, 0.3) is 0 Å². The summed E-state index contributed by atoms with van der Waals surface area (Å²) in [5, 5.41) is 1.19. The largest absolute Gasteiger partial charge is 0.493 e. The molecule has 0 heterocycles. The number of carbonyl (C=O) groups excluding carboxylic acids is 1. The number of carbonyl (C=O) groups is 1. The molecule has 0 bridgehead atoms. The molecule has 0 saturated carbocycles. The van der Waals surface area contributed by atoms with E-state index in [4.69, 9.17) is 44.3 Å². The number of halogens is 3. The Balaban J connectivity index is 2.28. The Labute approximate surface area is 137 Å². The Morgan fingerprint density at radius 3 is 2.43 bits per heavy atom. The molecule has 110 valence electrons. The second kappa shape index (κ2) is 7.03. The van der Waals surface area contributed by atoms with Crippen molar-refractivity contribution in [2.45, 2.75) is 6.61 Å². The fraction of sp³-hybridized carbons (Fsp3) is 0.133. The second-order valence-electron chi connectivity index (χ2n) is 4.14. The summed E-state index contributed by atoms with van der Waals surface area (Å²) < 4.78 is 10.8. The van der Waals surface area contributed by atoms with Gasteiger partial charge in [-0.05, 0) is 30.3 Å². The molecule has 0 fully saturated rings. The van der Waals surface area contributed by atoms with E-state index >= 15 is 0 Å². The van der Waals surface area contributed by atoms with Gasteiger partial charge in [-0.3, -0.25) is 4.79 Å². The molecule has 2 aromatic rings. The van der Waals surface area contributed by atoms with Crippen molar-refractivity contribution in [3.63, 3.8) is 0 Å². The van der Waals surface area contributed by atoms with Crippen molar-refractivity contribution in [3.05, 3.63) is 56.5 Å². The number of methoxy groups -OCH3 is 1. The maximum atomic E-state index is 10.8. The molecule has 0 aliphatic rings. The lowest BCUT2D eigenvalue weighted by Gasteiger charge is -2.13. The normalized spacial score (nSPS) is 10.3. The third-order valence-corrected chi connectivity index (χ3v) is 4.03. The quantitative estimate of drug-likeness (QED) is 0.562. The maximum absolute atomic E-state index is 10.8. The minimum Gasteiger partial charge on any atom is -0.493 e. The van der Waals surface area contributed by atoms with Crippen LogP contribution in [0.15, 0.2) is 30.3 Å². The fourth-order valence-corrected chi connectivity index (χ4v) is 2.39. The first-order valence-electron chi connectivity index (χ1n) is 5.95. The van der Waals surface area contributed by atoms with Gasteiger partial charge in [0, 0.05) is 16.1 Å². The number of hydrogen-bond acceptors (Lipinski definition) is 3. The zero-order valence-electron chi connectivity index (χ0n) is 11.0. The summed E-state index contributed by atoms with van der Waals surface area (Å²) >= 11 is 18.2. The Morgan fingerprint density at radius 2 is 1.76 bits per heavy atom. The third kappa shape index (κ3) is 3.62. The highest BCUT2D eigenvalue weighted by molar-refractivity contribution is 6.44. The minimum absolute atomic E-state index is 0.108. The lowest BCUT2D eigenvalue weighted by Crippen LogP contribution is -2.00. The molecule has 0 aliphatic heterocycles. The summed E-state index contributed by atoms with van der Waals surface area (Å²) in [5.74, 6) is 0.934. The number of rotatable bonds is 5. The van der Waals surface area contributed by atoms with E-state index in [1.54, 1.807) is 30.3 Å². The molecular formula is C15H11Cl3O3. The molecule has 2 rings (SSSR count). The Kier molecular flexibility index (Phi) is 5.34. The third-order valence-electron chi connectivity index (χ3n) is 2.83. The van der Waals surface area contributed by atoms with Gasteiger partial charge in [0.05, 0.1) is 17.2 Å². The van der Waals surface area contributed by atoms with Crippen LogP contribution in [0.1, 0.15) is 15.9 Å². The van der Waals surface area contributed by atoms with Gasteiger partial charge in [0.1, 0.15) is 12.9 Å². The second-order valence-corrected chi connectivity index (χ2v) is 5.33. The first-order valence-corrected chi connectivity index (χ1v) is 7.08. The van der Waals surface area contributed by atoms with Crippen molar-refractivity contribution in [2.75, 3.05) is 7.11 Å². The molecule has 2 aromatic carbocycles. The Morgan fingerprint density at radius 1 is 1.05 bits per heavy atom. The highest BCUT2D eigenvalue weighted by atomic mass is 35.5. The monoisotopic (exact) mass is 344 g/mol. The van der Waals surface area contributed by atoms with Gasteiger partial charge in [0.15, 0.2) is 11.5 Å². The summed E-state index contributed by atoms with van der Waals surface area (Å²) in [7, 11) is 1.52. The van der Waals surface area contributed by atoms with Crippen LogP contribution in [0.5, 0.6) is 11.5 Å². The molecule has 0 radical (unpaired) electrons. The molecule has 3 nitrogen and oxygen atoms in total. The van der Waals surface area contributed by atoms with Crippen LogP contribution in [-0.4, -0.2) is 13.4 Å². The molecule has 0 atom stereocenters. The number of hydrogen-bond donors (Lipinski definition) is 0. The van der Waals surface area contributed by atoms with Crippen molar-refractivity contribution in [3.8, 4) is 11.5 Å². The van der Waals surface area contributed by atoms with Gasteiger partial charge in [-0.15, -0.1) is 0 Å². The Bertz CT molecular complexity index is 671. The van der Waals surface area contributed by atoms with E-state index < -0.39 is 0 Å². The van der Waals surface area contributed by atoms with E-state index in [-0.39, 0.29) is 6.61 Å². The van der Waals surface area contributed by atoms with Crippen molar-refractivity contribution in [1.29, 1.82) is 0 Å². The molecule has 0 aliphatic carbocycles. The standard InChI is InChI=1S/C15H11Cl3O3/c1-20-13-5-2-9(7-19)6-14(13)21-8-10-11(16)3-4-12(17)15(10)18/h2-7H,8H2,1H3. The lowest BCUT2D eigenvalue weighted by atomic mass is 10.2. The van der Waals surface area contributed by atoms with E-state index in [2.05, 4.69) is 0 Å². The molecule has 0 aromatic heterocycles. The maximum Gasteiger partial charge on any atom is 0.162 e. The number of benzene rings is 2. The molecule has 21 heavy (non-hydrogen) atoms. The van der Waals surface area contributed by atoms with E-state index in [1.807, 2.05) is 0 Å². The number of aldehydes is 1. The Hall–Kier alpha value is -1.42. The van der Waals surface area contributed by atoms with E-state index in [9.17, 15) is 4.79 Å². The first kappa shape index (κ1) is 16.0. The first-order chi connectivity index (χ1) is 10.1. The lowest BCUT2D eigenvalue weighted by molar-refractivity contribution is 0.112. The van der Waals surface area contributed by atoms with Crippen LogP contribution in [0, 0.1) is 0 Å². The molecule has 6 heteroatoms. The molecule has 0 unspecified atom stereocenters. The van der Waals surface area contributed by atoms with Crippen molar-refractivity contribution in [2.24, 2.45) is 0 Å². The average Bonchev–Trinajstić information content (AvgIpc) is 2.50. The topological polar surface area (TPSA) is 35.5 Å². The highest BCUT2D eigenvalue weighted by Gasteiger charge is 2.12. The number of ether oxygens (including phenoxy) is 2. The highest BCUT2D eigenvalue weighted by Crippen LogP contribution is 2.34. The van der Waals surface area contributed by atoms with Gasteiger partial charge >= 0.3 is 0 Å². The van der Waals surface area contributed by atoms with Gasteiger partial charge in [0.2, 0.25) is 0 Å². The van der Waals surface area contributed by atoms with Gasteiger partial charge in [-0.25, -0.2) is 0 Å². The zero-order chi connectivity index (χ0) is 15.4. The van der Waals surface area contributed by atoms with Crippen LogP contribution < -0.4 is 9.47 Å².